The van der Waals surface area contributed by atoms with Gasteiger partial charge in [-0.25, -0.2) is 0 Å². The first-order valence-electron chi connectivity index (χ1n) is 7.69. The van der Waals surface area contributed by atoms with Crippen molar-refractivity contribution in [2.24, 2.45) is 5.92 Å². The van der Waals surface area contributed by atoms with E-state index in [1.807, 2.05) is 43.6 Å². The van der Waals surface area contributed by atoms with E-state index in [0.29, 0.717) is 0 Å². The van der Waals surface area contributed by atoms with Crippen molar-refractivity contribution in [2.75, 3.05) is 26.7 Å². The highest BCUT2D eigenvalue weighted by atomic mass is 35.5. The van der Waals surface area contributed by atoms with Gasteiger partial charge >= 0.3 is 0 Å². The average molecular weight is 322 g/mol. The second-order valence-corrected chi connectivity index (χ2v) is 5.74. The van der Waals surface area contributed by atoms with E-state index in [1.165, 1.54) is 12.8 Å². The Morgan fingerprint density at radius 2 is 1.91 bits per heavy atom. The van der Waals surface area contributed by atoms with Gasteiger partial charge in [0.05, 0.1) is 17.6 Å². The van der Waals surface area contributed by atoms with Crippen LogP contribution in [0, 0.1) is 5.92 Å². The molecule has 22 heavy (non-hydrogen) atoms. The van der Waals surface area contributed by atoms with Crippen LogP contribution in [0.2, 0.25) is 0 Å². The molecule has 1 saturated heterocycles. The summed E-state index contributed by atoms with van der Waals surface area (Å²) in [5.41, 5.74) is 2.06. The summed E-state index contributed by atoms with van der Waals surface area (Å²) in [6, 6.07) is 10.1. The number of nitrogens with one attached hydrogen (secondary N) is 1. The quantitative estimate of drug-likeness (QED) is 0.916. The van der Waals surface area contributed by atoms with Crippen molar-refractivity contribution in [2.45, 2.75) is 19.4 Å². The molecular weight excluding hydrogens is 298 g/mol. The molecule has 1 aromatic heterocycles. The first-order valence-corrected chi connectivity index (χ1v) is 7.69. The van der Waals surface area contributed by atoms with Gasteiger partial charge in [-0.3, -0.25) is 4.90 Å². The van der Waals surface area contributed by atoms with Crippen LogP contribution < -0.4 is 5.32 Å². The predicted molar refractivity (Wildman–Crippen MR) is 90.5 cm³/mol. The molecule has 5 nitrogen and oxygen atoms in total. The largest absolute Gasteiger partial charge is 0.319 e. The van der Waals surface area contributed by atoms with Crippen molar-refractivity contribution < 1.29 is 0 Å². The maximum absolute atomic E-state index is 4.58. The molecule has 2 heterocycles. The highest BCUT2D eigenvalue weighted by Crippen LogP contribution is 2.17. The molecule has 1 N–H and O–H groups in total. The van der Waals surface area contributed by atoms with Crippen LogP contribution in [0.1, 0.15) is 18.5 Å². The highest BCUT2D eigenvalue weighted by molar-refractivity contribution is 5.85. The Bertz CT molecular complexity index is 549. The van der Waals surface area contributed by atoms with Crippen molar-refractivity contribution in [3.8, 4) is 5.69 Å². The number of nitrogens with zero attached hydrogens (tertiary/aromatic N) is 4. The molecule has 0 radical (unpaired) electrons. The molecular formula is C16H24ClN5. The van der Waals surface area contributed by atoms with Crippen LogP contribution in [0.15, 0.2) is 36.5 Å². The standard InChI is InChI=1S/C16H23N5.ClH/c1-17-11-14-7-9-20(10-8-14)13-15-12-18-21(19-15)16-5-3-2-4-6-16;/h2-6,12,14,17H,7-11,13H2,1H3;1H. The van der Waals surface area contributed by atoms with Crippen molar-refractivity contribution in [3.63, 3.8) is 0 Å². The Balaban J connectivity index is 0.00000176. The summed E-state index contributed by atoms with van der Waals surface area (Å²) in [5.74, 6) is 0.825. The summed E-state index contributed by atoms with van der Waals surface area (Å²) in [4.78, 5) is 4.19. The fourth-order valence-corrected chi connectivity index (χ4v) is 2.92. The van der Waals surface area contributed by atoms with Gasteiger partial charge in [0.2, 0.25) is 0 Å². The van der Waals surface area contributed by atoms with Crippen LogP contribution in [0.5, 0.6) is 0 Å². The molecule has 6 heteroatoms. The average Bonchev–Trinajstić information content (AvgIpc) is 2.99. The second kappa shape index (κ2) is 8.27. The summed E-state index contributed by atoms with van der Waals surface area (Å²) < 4.78 is 0. The third-order valence-electron chi connectivity index (χ3n) is 4.11. The van der Waals surface area contributed by atoms with E-state index >= 15 is 0 Å². The molecule has 1 aliphatic heterocycles. The van der Waals surface area contributed by atoms with Gasteiger partial charge in [-0.15, -0.1) is 12.4 Å². The lowest BCUT2D eigenvalue weighted by atomic mass is 9.97. The predicted octanol–water partition coefficient (Wildman–Crippen LogP) is 2.12. The van der Waals surface area contributed by atoms with Gasteiger partial charge in [-0.1, -0.05) is 18.2 Å². The van der Waals surface area contributed by atoms with E-state index in [9.17, 15) is 0 Å². The number of rotatable bonds is 5. The zero-order valence-electron chi connectivity index (χ0n) is 13.0. The van der Waals surface area contributed by atoms with Gasteiger partial charge in [0.15, 0.2) is 0 Å². The molecule has 1 aliphatic rings. The number of hydrogen-bond donors (Lipinski definition) is 1. The smallest absolute Gasteiger partial charge is 0.0971 e. The van der Waals surface area contributed by atoms with Gasteiger partial charge in [0, 0.05) is 6.54 Å². The number of benzene rings is 1. The lowest BCUT2D eigenvalue weighted by Gasteiger charge is -2.31. The molecule has 120 valence electrons. The molecule has 0 spiro atoms. The zero-order chi connectivity index (χ0) is 14.5. The van der Waals surface area contributed by atoms with Crippen molar-refractivity contribution >= 4 is 12.4 Å². The van der Waals surface area contributed by atoms with Gasteiger partial charge in [0.25, 0.3) is 0 Å². The summed E-state index contributed by atoms with van der Waals surface area (Å²) in [6.07, 6.45) is 4.42. The fourth-order valence-electron chi connectivity index (χ4n) is 2.92. The summed E-state index contributed by atoms with van der Waals surface area (Å²) in [6.45, 7) is 4.35. The van der Waals surface area contributed by atoms with Crippen LogP contribution in [0.25, 0.3) is 5.69 Å². The Labute approximate surface area is 138 Å². The van der Waals surface area contributed by atoms with Gasteiger partial charge in [0.1, 0.15) is 0 Å². The molecule has 0 unspecified atom stereocenters. The first-order chi connectivity index (χ1) is 10.3. The number of halogens is 1. The topological polar surface area (TPSA) is 46.0 Å². The highest BCUT2D eigenvalue weighted by Gasteiger charge is 2.19. The lowest BCUT2D eigenvalue weighted by molar-refractivity contribution is 0.175. The number of aromatic nitrogens is 3. The number of piperidine rings is 1. The lowest BCUT2D eigenvalue weighted by Crippen LogP contribution is -2.36. The van der Waals surface area contributed by atoms with Gasteiger partial charge in [-0.05, 0) is 57.6 Å². The van der Waals surface area contributed by atoms with E-state index in [4.69, 9.17) is 0 Å². The molecule has 1 fully saturated rings. The minimum Gasteiger partial charge on any atom is -0.319 e. The third-order valence-corrected chi connectivity index (χ3v) is 4.11. The minimum atomic E-state index is 0. The van der Waals surface area contributed by atoms with Crippen molar-refractivity contribution in [1.82, 2.24) is 25.2 Å². The number of para-hydroxylation sites is 1. The van der Waals surface area contributed by atoms with Crippen molar-refractivity contribution in [1.29, 1.82) is 0 Å². The molecule has 0 atom stereocenters. The molecule has 0 bridgehead atoms. The second-order valence-electron chi connectivity index (χ2n) is 5.74. The fraction of sp³-hybridized carbons (Fsp3) is 0.500. The van der Waals surface area contributed by atoms with Crippen LogP contribution in [-0.4, -0.2) is 46.6 Å². The van der Waals surface area contributed by atoms with Gasteiger partial charge < -0.3 is 5.32 Å². The Morgan fingerprint density at radius 1 is 1.18 bits per heavy atom. The zero-order valence-corrected chi connectivity index (χ0v) is 13.8. The van der Waals surface area contributed by atoms with E-state index < -0.39 is 0 Å². The Morgan fingerprint density at radius 3 is 2.59 bits per heavy atom. The van der Waals surface area contributed by atoms with Gasteiger partial charge in [-0.2, -0.15) is 15.0 Å². The van der Waals surface area contributed by atoms with Crippen molar-refractivity contribution in [3.05, 3.63) is 42.2 Å². The molecule has 0 amide bonds. The molecule has 3 rings (SSSR count). The third kappa shape index (κ3) is 4.29. The van der Waals surface area contributed by atoms with E-state index in [2.05, 4.69) is 20.4 Å². The van der Waals surface area contributed by atoms with E-state index in [-0.39, 0.29) is 12.4 Å². The van der Waals surface area contributed by atoms with Crippen LogP contribution in [0.3, 0.4) is 0 Å². The summed E-state index contributed by atoms with van der Waals surface area (Å²) in [5, 5.41) is 12.2. The molecule has 2 aromatic rings. The van der Waals surface area contributed by atoms with Crippen LogP contribution >= 0.6 is 12.4 Å². The Kier molecular flexibility index (Phi) is 6.36. The maximum atomic E-state index is 4.58. The van der Waals surface area contributed by atoms with Crippen LogP contribution in [-0.2, 0) is 6.54 Å². The first kappa shape index (κ1) is 16.9. The van der Waals surface area contributed by atoms with E-state index in [1.54, 1.807) is 4.80 Å². The number of hydrogen-bond acceptors (Lipinski definition) is 4. The summed E-state index contributed by atoms with van der Waals surface area (Å²) >= 11 is 0. The normalized spacial score (nSPS) is 16.4. The maximum Gasteiger partial charge on any atom is 0.0971 e. The van der Waals surface area contributed by atoms with Crippen LogP contribution in [0.4, 0.5) is 0 Å². The summed E-state index contributed by atoms with van der Waals surface area (Å²) in [7, 11) is 2.04. The molecule has 0 saturated carbocycles. The number of likely N-dealkylation sites (tertiary alicyclic amines) is 1. The SMILES string of the molecule is CNCC1CCN(Cc2cnn(-c3ccccc3)n2)CC1.Cl. The monoisotopic (exact) mass is 321 g/mol. The molecule has 1 aromatic carbocycles. The minimum absolute atomic E-state index is 0. The van der Waals surface area contributed by atoms with E-state index in [0.717, 1.165) is 43.5 Å². The molecule has 0 aliphatic carbocycles. The Hall–Kier alpha value is -1.43.